The molecule has 0 heterocycles. The highest BCUT2D eigenvalue weighted by molar-refractivity contribution is 4.93. The summed E-state index contributed by atoms with van der Waals surface area (Å²) in [6.07, 6.45) is 0. The summed E-state index contributed by atoms with van der Waals surface area (Å²) in [4.78, 5) is 0. The van der Waals surface area contributed by atoms with Gasteiger partial charge in [0.2, 0.25) is 0 Å². The Hall–Kier alpha value is -0.340. The van der Waals surface area contributed by atoms with Gasteiger partial charge in [-0.25, -0.2) is 0 Å². The van der Waals surface area contributed by atoms with Crippen molar-refractivity contribution in [2.24, 2.45) is 11.1 Å². The highest BCUT2D eigenvalue weighted by Crippen LogP contribution is 2.18. The molecule has 0 saturated carbocycles. The van der Waals surface area contributed by atoms with Gasteiger partial charge in [-0.3, -0.25) is 0 Å². The second-order valence-corrected chi connectivity index (χ2v) is 4.49. The highest BCUT2D eigenvalue weighted by atomic mass is 14.9. The van der Waals surface area contributed by atoms with Crippen LogP contribution in [0, 0.1) is 5.41 Å². The third kappa shape index (κ3) is 4.52. The molecule has 1 unspecified atom stereocenters. The van der Waals surface area contributed by atoms with Crippen molar-refractivity contribution < 1.29 is 0 Å². The van der Waals surface area contributed by atoms with Crippen molar-refractivity contribution in [1.82, 2.24) is 5.32 Å². The summed E-state index contributed by atoms with van der Waals surface area (Å²) in [5.74, 6) is 0. The van der Waals surface area contributed by atoms with E-state index in [-0.39, 0.29) is 5.41 Å². The zero-order valence-electron chi connectivity index (χ0n) is 8.78. The summed E-state index contributed by atoms with van der Waals surface area (Å²) in [5.41, 5.74) is 7.03. The Morgan fingerprint density at radius 1 is 1.50 bits per heavy atom. The van der Waals surface area contributed by atoms with Crippen LogP contribution in [0.1, 0.15) is 27.7 Å². The van der Waals surface area contributed by atoms with Crippen LogP contribution in [0.3, 0.4) is 0 Å². The zero-order valence-corrected chi connectivity index (χ0v) is 8.78. The fraction of sp³-hybridized carbons (Fsp3) is 0.800. The van der Waals surface area contributed by atoms with Crippen LogP contribution in [0.15, 0.2) is 12.2 Å². The normalized spacial score (nSPS) is 14.4. The van der Waals surface area contributed by atoms with E-state index in [9.17, 15) is 0 Å². The molecular formula is C10H22N2. The predicted octanol–water partition coefficient (Wildman–Crippen LogP) is 1.53. The lowest BCUT2D eigenvalue weighted by atomic mass is 9.87. The Labute approximate surface area is 76.2 Å². The lowest BCUT2D eigenvalue weighted by Gasteiger charge is -2.30. The molecule has 0 aromatic carbocycles. The summed E-state index contributed by atoms with van der Waals surface area (Å²) < 4.78 is 0. The van der Waals surface area contributed by atoms with Crippen LogP contribution < -0.4 is 11.1 Å². The quantitative estimate of drug-likeness (QED) is 0.628. The molecule has 0 aromatic heterocycles. The first-order valence-corrected chi connectivity index (χ1v) is 4.45. The van der Waals surface area contributed by atoms with E-state index in [0.29, 0.717) is 12.6 Å². The second-order valence-electron chi connectivity index (χ2n) is 4.49. The Balaban J connectivity index is 3.92. The molecule has 0 aliphatic heterocycles. The van der Waals surface area contributed by atoms with Gasteiger partial charge >= 0.3 is 0 Å². The van der Waals surface area contributed by atoms with Crippen molar-refractivity contribution >= 4 is 0 Å². The van der Waals surface area contributed by atoms with Crippen LogP contribution in [0.5, 0.6) is 0 Å². The third-order valence-electron chi connectivity index (χ3n) is 1.93. The topological polar surface area (TPSA) is 38.0 Å². The monoisotopic (exact) mass is 170 g/mol. The van der Waals surface area contributed by atoms with E-state index in [1.165, 1.54) is 0 Å². The molecule has 0 aromatic rings. The van der Waals surface area contributed by atoms with Crippen LogP contribution in [-0.2, 0) is 0 Å². The molecule has 0 aliphatic carbocycles. The molecule has 12 heavy (non-hydrogen) atoms. The first-order valence-electron chi connectivity index (χ1n) is 4.45. The number of hydrogen-bond acceptors (Lipinski definition) is 2. The average molecular weight is 170 g/mol. The van der Waals surface area contributed by atoms with Crippen LogP contribution in [0.2, 0.25) is 0 Å². The molecule has 0 bridgehead atoms. The molecular weight excluding hydrogens is 148 g/mol. The van der Waals surface area contributed by atoms with Gasteiger partial charge in [-0.2, -0.15) is 0 Å². The predicted molar refractivity (Wildman–Crippen MR) is 55.1 cm³/mol. The van der Waals surface area contributed by atoms with Gasteiger partial charge in [-0.1, -0.05) is 32.9 Å². The van der Waals surface area contributed by atoms with E-state index >= 15 is 0 Å². The smallest absolute Gasteiger partial charge is 0.0241 e. The number of rotatable bonds is 4. The summed E-state index contributed by atoms with van der Waals surface area (Å²) in [7, 11) is 0. The molecule has 0 fully saturated rings. The molecule has 0 aliphatic rings. The van der Waals surface area contributed by atoms with Gasteiger partial charge in [0.25, 0.3) is 0 Å². The minimum absolute atomic E-state index is 0.226. The van der Waals surface area contributed by atoms with Gasteiger partial charge < -0.3 is 11.1 Å². The molecule has 0 amide bonds. The molecule has 0 radical (unpaired) electrons. The maximum absolute atomic E-state index is 5.65. The third-order valence-corrected chi connectivity index (χ3v) is 1.93. The van der Waals surface area contributed by atoms with E-state index in [1.807, 2.05) is 6.92 Å². The molecule has 0 rings (SSSR count). The Bertz CT molecular complexity index is 144. The minimum Gasteiger partial charge on any atom is -0.329 e. The van der Waals surface area contributed by atoms with E-state index in [2.05, 4.69) is 32.7 Å². The first-order chi connectivity index (χ1) is 5.38. The molecule has 0 saturated heterocycles. The fourth-order valence-electron chi connectivity index (χ4n) is 1.04. The molecule has 2 nitrogen and oxygen atoms in total. The van der Waals surface area contributed by atoms with Crippen molar-refractivity contribution in [3.05, 3.63) is 12.2 Å². The first kappa shape index (κ1) is 11.7. The largest absolute Gasteiger partial charge is 0.329 e. The van der Waals surface area contributed by atoms with Gasteiger partial charge in [0.15, 0.2) is 0 Å². The van der Waals surface area contributed by atoms with E-state index in [1.54, 1.807) is 0 Å². The summed E-state index contributed by atoms with van der Waals surface area (Å²) in [6.45, 7) is 14.0. The van der Waals surface area contributed by atoms with Crippen molar-refractivity contribution in [2.45, 2.75) is 33.7 Å². The molecule has 2 heteroatoms. The van der Waals surface area contributed by atoms with E-state index in [4.69, 9.17) is 5.73 Å². The van der Waals surface area contributed by atoms with E-state index < -0.39 is 0 Å². The number of nitrogens with one attached hydrogen (secondary N) is 1. The zero-order chi connectivity index (χ0) is 9.78. The Morgan fingerprint density at radius 2 is 2.00 bits per heavy atom. The summed E-state index contributed by atoms with van der Waals surface area (Å²) >= 11 is 0. The number of hydrogen-bond donors (Lipinski definition) is 2. The standard InChI is InChI=1S/C10H22N2/c1-8(2)7-12-9(6-11)10(3,4)5/h9,12H,1,6-7,11H2,2-5H3. The molecule has 0 spiro atoms. The van der Waals surface area contributed by atoms with Crippen molar-refractivity contribution in [3.8, 4) is 0 Å². The van der Waals surface area contributed by atoms with Gasteiger partial charge in [-0.05, 0) is 12.3 Å². The van der Waals surface area contributed by atoms with Crippen molar-refractivity contribution in [3.63, 3.8) is 0 Å². The molecule has 3 N–H and O–H groups in total. The van der Waals surface area contributed by atoms with Gasteiger partial charge in [0.05, 0.1) is 0 Å². The second kappa shape index (κ2) is 4.63. The van der Waals surface area contributed by atoms with Crippen LogP contribution in [0.25, 0.3) is 0 Å². The fourth-order valence-corrected chi connectivity index (χ4v) is 1.04. The highest BCUT2D eigenvalue weighted by Gasteiger charge is 2.21. The van der Waals surface area contributed by atoms with Gasteiger partial charge in [-0.15, -0.1) is 0 Å². The minimum atomic E-state index is 0.226. The Kier molecular flexibility index (Phi) is 4.50. The maximum Gasteiger partial charge on any atom is 0.0241 e. The summed E-state index contributed by atoms with van der Waals surface area (Å²) in [5, 5.41) is 3.38. The van der Waals surface area contributed by atoms with Crippen molar-refractivity contribution in [2.75, 3.05) is 13.1 Å². The van der Waals surface area contributed by atoms with Crippen LogP contribution >= 0.6 is 0 Å². The van der Waals surface area contributed by atoms with Gasteiger partial charge in [0.1, 0.15) is 0 Å². The van der Waals surface area contributed by atoms with E-state index in [0.717, 1.165) is 12.1 Å². The van der Waals surface area contributed by atoms with Gasteiger partial charge in [0, 0.05) is 19.1 Å². The van der Waals surface area contributed by atoms with Crippen molar-refractivity contribution in [1.29, 1.82) is 0 Å². The SMILES string of the molecule is C=C(C)CNC(CN)C(C)(C)C. The Morgan fingerprint density at radius 3 is 2.25 bits per heavy atom. The average Bonchev–Trinajstić information content (AvgIpc) is 1.85. The lowest BCUT2D eigenvalue weighted by Crippen LogP contribution is -2.46. The van der Waals surface area contributed by atoms with Crippen LogP contribution in [-0.4, -0.2) is 19.1 Å². The maximum atomic E-state index is 5.65. The molecule has 72 valence electrons. The summed E-state index contributed by atoms with van der Waals surface area (Å²) in [6, 6.07) is 0.370. The molecule has 1 atom stereocenters. The number of nitrogens with two attached hydrogens (primary N) is 1. The lowest BCUT2D eigenvalue weighted by molar-refractivity contribution is 0.280. The van der Waals surface area contributed by atoms with Crippen LogP contribution in [0.4, 0.5) is 0 Å².